The van der Waals surface area contributed by atoms with E-state index in [1.165, 1.54) is 32.3 Å². The topological polar surface area (TPSA) is 36.5 Å². The summed E-state index contributed by atoms with van der Waals surface area (Å²) >= 11 is 0. The Balaban J connectivity index is 1.38. The van der Waals surface area contributed by atoms with Crippen molar-refractivity contribution in [1.82, 2.24) is 4.57 Å². The highest BCUT2D eigenvalue weighted by molar-refractivity contribution is 6.66. The van der Waals surface area contributed by atoms with Crippen LogP contribution in [0.4, 0.5) is 0 Å². The number of rotatable bonds is 2. The minimum absolute atomic E-state index is 0.431. The first-order valence-corrected chi connectivity index (χ1v) is 15.0. The first-order chi connectivity index (χ1) is 20.8. The van der Waals surface area contributed by atoms with Gasteiger partial charge in [-0.3, -0.25) is 0 Å². The van der Waals surface area contributed by atoms with Gasteiger partial charge >= 0.3 is 7.12 Å². The summed E-state index contributed by atoms with van der Waals surface area (Å²) in [5.74, 6) is 0. The van der Waals surface area contributed by atoms with E-state index >= 15 is 0 Å². The Morgan fingerprint density at radius 3 is 1.72 bits per heavy atom. The summed E-state index contributed by atoms with van der Waals surface area (Å²) in [5, 5.41) is 9.57. The average Bonchev–Trinajstić information content (AvgIpc) is 3.63. The van der Waals surface area contributed by atoms with Crippen LogP contribution >= 0.6 is 0 Å². The molecular formula is C38H30BNO3. The van der Waals surface area contributed by atoms with Gasteiger partial charge in [-0.1, -0.05) is 84.9 Å². The number of nitrogens with zero attached hydrogens (tertiary/aromatic N) is 1. The molecule has 4 nitrogen and oxygen atoms in total. The fourth-order valence-electron chi connectivity index (χ4n) is 7.01. The number of para-hydroxylation sites is 1. The van der Waals surface area contributed by atoms with Crippen LogP contribution < -0.4 is 5.46 Å². The summed E-state index contributed by atoms with van der Waals surface area (Å²) in [6.45, 7) is 8.37. The van der Waals surface area contributed by atoms with Gasteiger partial charge in [-0.15, -0.1) is 0 Å². The van der Waals surface area contributed by atoms with E-state index in [2.05, 4.69) is 129 Å². The maximum Gasteiger partial charge on any atom is 0.495 e. The molecule has 0 aliphatic carbocycles. The molecule has 0 saturated carbocycles. The fourth-order valence-corrected chi connectivity index (χ4v) is 7.01. The van der Waals surface area contributed by atoms with Gasteiger partial charge < -0.3 is 18.3 Å². The minimum atomic E-state index is -0.482. The van der Waals surface area contributed by atoms with Crippen molar-refractivity contribution in [3.63, 3.8) is 0 Å². The molecule has 0 atom stereocenters. The van der Waals surface area contributed by atoms with Crippen molar-refractivity contribution >= 4 is 77.9 Å². The molecular weight excluding hydrogens is 529 g/mol. The van der Waals surface area contributed by atoms with Crippen LogP contribution in [0.5, 0.6) is 0 Å². The van der Waals surface area contributed by atoms with Gasteiger partial charge in [-0.05, 0) is 79.0 Å². The standard InChI is InChI=1S/C38H30BNO3/c1-37(2)38(3,4)43-39(42-37)28-16-10-18-32-33(28)27-15-9-17-31(36(27)41-32)40-29-21-19-23-11-5-7-13-25(23)34(29)35-26-14-8-6-12-24(26)20-22-30(35)40/h5-22H,1-4H3. The monoisotopic (exact) mass is 559 g/mol. The molecule has 1 fully saturated rings. The van der Waals surface area contributed by atoms with E-state index in [1.807, 2.05) is 12.1 Å². The predicted molar refractivity (Wildman–Crippen MR) is 179 cm³/mol. The third-order valence-corrected chi connectivity index (χ3v) is 9.83. The normalized spacial score (nSPS) is 16.5. The van der Waals surface area contributed by atoms with Crippen molar-refractivity contribution < 1.29 is 13.7 Å². The summed E-state index contributed by atoms with van der Waals surface area (Å²) in [7, 11) is -0.482. The molecule has 1 aliphatic heterocycles. The third kappa shape index (κ3) is 3.35. The molecule has 0 radical (unpaired) electrons. The molecule has 5 heteroatoms. The highest BCUT2D eigenvalue weighted by Gasteiger charge is 2.52. The number of benzene rings is 6. The molecule has 1 aliphatic rings. The lowest BCUT2D eigenvalue weighted by molar-refractivity contribution is 0.00578. The predicted octanol–water partition coefficient (Wildman–Crippen LogP) is 9.29. The summed E-state index contributed by atoms with van der Waals surface area (Å²) in [6, 6.07) is 38.9. The zero-order valence-electron chi connectivity index (χ0n) is 24.6. The quantitative estimate of drug-likeness (QED) is 0.198. The van der Waals surface area contributed by atoms with E-state index in [-0.39, 0.29) is 0 Å². The molecule has 0 amide bonds. The first-order valence-electron chi connectivity index (χ1n) is 15.0. The maximum absolute atomic E-state index is 6.75. The summed E-state index contributed by atoms with van der Waals surface area (Å²) < 4.78 is 22.1. The van der Waals surface area contributed by atoms with Gasteiger partial charge in [0.15, 0.2) is 5.58 Å². The van der Waals surface area contributed by atoms with Crippen LogP contribution in [-0.4, -0.2) is 22.9 Å². The van der Waals surface area contributed by atoms with Gasteiger partial charge in [-0.2, -0.15) is 0 Å². The van der Waals surface area contributed by atoms with Crippen LogP contribution in [0.1, 0.15) is 27.7 Å². The summed E-state index contributed by atoms with van der Waals surface area (Å²) in [6.07, 6.45) is 0. The van der Waals surface area contributed by atoms with Gasteiger partial charge in [0.25, 0.3) is 0 Å². The number of furan rings is 1. The molecule has 3 heterocycles. The van der Waals surface area contributed by atoms with Crippen molar-refractivity contribution in [3.8, 4) is 5.69 Å². The first kappa shape index (κ1) is 25.0. The van der Waals surface area contributed by atoms with E-state index in [0.29, 0.717) is 0 Å². The average molecular weight is 559 g/mol. The van der Waals surface area contributed by atoms with E-state index < -0.39 is 18.3 Å². The smallest absolute Gasteiger partial charge is 0.454 e. The van der Waals surface area contributed by atoms with E-state index in [1.54, 1.807) is 0 Å². The fraction of sp³-hybridized carbons (Fsp3) is 0.158. The van der Waals surface area contributed by atoms with E-state index in [0.717, 1.165) is 44.1 Å². The Kier molecular flexibility index (Phi) is 4.94. The number of aromatic nitrogens is 1. The second-order valence-corrected chi connectivity index (χ2v) is 12.8. The minimum Gasteiger partial charge on any atom is -0.454 e. The molecule has 0 spiro atoms. The molecule has 208 valence electrons. The molecule has 2 aromatic heterocycles. The van der Waals surface area contributed by atoms with Crippen LogP contribution in [0.3, 0.4) is 0 Å². The zero-order valence-corrected chi connectivity index (χ0v) is 24.6. The van der Waals surface area contributed by atoms with Crippen LogP contribution in [0, 0.1) is 0 Å². The summed E-state index contributed by atoms with van der Waals surface area (Å²) in [5.41, 5.74) is 5.13. The highest BCUT2D eigenvalue weighted by Crippen LogP contribution is 2.43. The molecule has 0 unspecified atom stereocenters. The maximum atomic E-state index is 6.75. The van der Waals surface area contributed by atoms with E-state index in [4.69, 9.17) is 13.7 Å². The Morgan fingerprint density at radius 1 is 0.535 bits per heavy atom. The molecule has 43 heavy (non-hydrogen) atoms. The largest absolute Gasteiger partial charge is 0.495 e. The Hall–Kier alpha value is -4.58. The van der Waals surface area contributed by atoms with Gasteiger partial charge in [0.05, 0.1) is 27.9 Å². The van der Waals surface area contributed by atoms with Crippen molar-refractivity contribution in [2.75, 3.05) is 0 Å². The van der Waals surface area contributed by atoms with Crippen LogP contribution in [0.15, 0.2) is 114 Å². The van der Waals surface area contributed by atoms with Gasteiger partial charge in [0, 0.05) is 21.5 Å². The Morgan fingerprint density at radius 2 is 1.09 bits per heavy atom. The molecule has 0 bridgehead atoms. The van der Waals surface area contributed by atoms with Crippen molar-refractivity contribution in [1.29, 1.82) is 0 Å². The van der Waals surface area contributed by atoms with Gasteiger partial charge in [0.2, 0.25) is 0 Å². The number of fused-ring (bicyclic) bond motifs is 10. The van der Waals surface area contributed by atoms with Crippen LogP contribution in [-0.2, 0) is 9.31 Å². The second kappa shape index (κ2) is 8.50. The molecule has 9 rings (SSSR count). The van der Waals surface area contributed by atoms with Crippen LogP contribution in [0.25, 0.3) is 71.0 Å². The van der Waals surface area contributed by atoms with E-state index in [9.17, 15) is 0 Å². The van der Waals surface area contributed by atoms with Gasteiger partial charge in [-0.25, -0.2) is 0 Å². The van der Waals surface area contributed by atoms with Crippen molar-refractivity contribution in [2.24, 2.45) is 0 Å². The van der Waals surface area contributed by atoms with Crippen molar-refractivity contribution in [2.45, 2.75) is 38.9 Å². The number of hydrogen-bond acceptors (Lipinski definition) is 3. The van der Waals surface area contributed by atoms with Gasteiger partial charge in [0.1, 0.15) is 5.58 Å². The lowest BCUT2D eigenvalue weighted by Gasteiger charge is -2.32. The molecule has 6 aromatic carbocycles. The SMILES string of the molecule is CC1(C)OB(c2cccc3oc4c(-n5c6ccc7ccccc7c6c6c7ccccc7ccc65)cccc4c23)OC1(C)C. The highest BCUT2D eigenvalue weighted by atomic mass is 16.7. The third-order valence-electron chi connectivity index (χ3n) is 9.83. The zero-order chi connectivity index (χ0) is 29.1. The lowest BCUT2D eigenvalue weighted by atomic mass is 9.76. The number of hydrogen-bond donors (Lipinski definition) is 0. The van der Waals surface area contributed by atoms with Crippen LogP contribution in [0.2, 0.25) is 0 Å². The molecule has 0 N–H and O–H groups in total. The molecule has 1 saturated heterocycles. The molecule has 8 aromatic rings. The lowest BCUT2D eigenvalue weighted by Crippen LogP contribution is -2.41. The Labute approximate surface area is 249 Å². The van der Waals surface area contributed by atoms with Crippen molar-refractivity contribution in [3.05, 3.63) is 109 Å². The second-order valence-electron chi connectivity index (χ2n) is 12.8. The Bertz CT molecular complexity index is 2320. The summed E-state index contributed by atoms with van der Waals surface area (Å²) in [4.78, 5) is 0.